The van der Waals surface area contributed by atoms with Crippen LogP contribution < -0.4 is 25.6 Å². The third-order valence-corrected chi connectivity index (χ3v) is 6.90. The van der Waals surface area contributed by atoms with Crippen molar-refractivity contribution < 1.29 is 18.7 Å². The van der Waals surface area contributed by atoms with Gasteiger partial charge < -0.3 is 30.3 Å². The molecule has 1 aromatic carbocycles. The van der Waals surface area contributed by atoms with Gasteiger partial charge in [-0.1, -0.05) is 0 Å². The number of benzene rings is 1. The molecular formula is C25H33FN6O3. The first-order chi connectivity index (χ1) is 17.0. The Morgan fingerprint density at radius 3 is 2.66 bits per heavy atom. The predicted octanol–water partition coefficient (Wildman–Crippen LogP) is 3.97. The number of hydrogen-bond donors (Lipinski definition) is 3. The van der Waals surface area contributed by atoms with Crippen LogP contribution in [0.4, 0.5) is 26.6 Å². The highest BCUT2D eigenvalue weighted by Crippen LogP contribution is 2.34. The lowest BCUT2D eigenvalue weighted by Crippen LogP contribution is -2.42. The quantitative estimate of drug-likeness (QED) is 0.590. The lowest BCUT2D eigenvalue weighted by Gasteiger charge is -2.30. The van der Waals surface area contributed by atoms with E-state index in [1.165, 1.54) is 36.2 Å². The van der Waals surface area contributed by atoms with E-state index in [4.69, 9.17) is 19.4 Å². The maximum atomic E-state index is 13.9. The van der Waals surface area contributed by atoms with E-state index in [1.807, 2.05) is 14.1 Å². The highest BCUT2D eigenvalue weighted by Gasteiger charge is 2.26. The number of halogens is 1. The summed E-state index contributed by atoms with van der Waals surface area (Å²) in [5.74, 6) is 1.73. The average Bonchev–Trinajstić information content (AvgIpc) is 2.84. The van der Waals surface area contributed by atoms with Crippen molar-refractivity contribution in [2.45, 2.75) is 70.1 Å². The molecule has 0 spiro atoms. The van der Waals surface area contributed by atoms with E-state index in [0.717, 1.165) is 44.3 Å². The van der Waals surface area contributed by atoms with Crippen molar-refractivity contribution in [3.05, 3.63) is 34.8 Å². The van der Waals surface area contributed by atoms with Crippen molar-refractivity contribution in [2.75, 3.05) is 36.4 Å². The molecule has 3 aliphatic rings. The van der Waals surface area contributed by atoms with Crippen LogP contribution in [0.5, 0.6) is 5.75 Å². The molecule has 2 amide bonds. The zero-order chi connectivity index (χ0) is 24.4. The minimum absolute atomic E-state index is 0.0449. The van der Waals surface area contributed by atoms with Gasteiger partial charge >= 0.3 is 6.03 Å². The fourth-order valence-electron chi connectivity index (χ4n) is 5.19. The minimum Gasteiger partial charge on any atom is -0.465 e. The monoisotopic (exact) mass is 484 g/mol. The van der Waals surface area contributed by atoms with Gasteiger partial charge in [-0.05, 0) is 57.4 Å². The molecule has 2 aliphatic carbocycles. The molecule has 0 bridgehead atoms. The van der Waals surface area contributed by atoms with Crippen LogP contribution in [0.2, 0.25) is 0 Å². The van der Waals surface area contributed by atoms with Gasteiger partial charge in [0.05, 0.1) is 18.0 Å². The summed E-state index contributed by atoms with van der Waals surface area (Å²) >= 11 is 0. The van der Waals surface area contributed by atoms with Gasteiger partial charge in [0.2, 0.25) is 5.95 Å². The van der Waals surface area contributed by atoms with Gasteiger partial charge in [-0.2, -0.15) is 4.98 Å². The van der Waals surface area contributed by atoms with Gasteiger partial charge in [0, 0.05) is 43.4 Å². The Hall–Kier alpha value is -3.14. The third-order valence-electron chi connectivity index (χ3n) is 6.90. The van der Waals surface area contributed by atoms with Crippen LogP contribution in [0.15, 0.2) is 12.1 Å². The normalized spacial score (nSPS) is 21.2. The number of hydrogen-bond acceptors (Lipinski definition) is 7. The van der Waals surface area contributed by atoms with Gasteiger partial charge in [-0.25, -0.2) is 14.2 Å². The Balaban J connectivity index is 1.16. The van der Waals surface area contributed by atoms with Crippen LogP contribution >= 0.6 is 0 Å². The first-order valence-electron chi connectivity index (χ1n) is 12.4. The molecule has 9 nitrogen and oxygen atoms in total. The summed E-state index contributed by atoms with van der Waals surface area (Å²) in [5, 5.41) is 9.30. The second kappa shape index (κ2) is 10.2. The molecule has 188 valence electrons. The number of nitrogens with zero attached hydrogens (tertiary/aromatic N) is 3. The summed E-state index contributed by atoms with van der Waals surface area (Å²) in [6, 6.07) is 2.57. The zero-order valence-corrected chi connectivity index (χ0v) is 20.3. The molecule has 10 heteroatoms. The minimum atomic E-state index is -0.443. The van der Waals surface area contributed by atoms with Crippen LogP contribution in [0, 0.1) is 5.82 Å². The molecule has 0 saturated heterocycles. The van der Waals surface area contributed by atoms with Crippen molar-refractivity contribution in [3.63, 3.8) is 0 Å². The maximum absolute atomic E-state index is 13.9. The Kier molecular flexibility index (Phi) is 6.90. The molecule has 0 unspecified atom stereocenters. The number of nitrogens with one attached hydrogen (secondary N) is 3. The van der Waals surface area contributed by atoms with Gasteiger partial charge in [0.1, 0.15) is 11.6 Å². The second-order valence-electron chi connectivity index (χ2n) is 9.74. The van der Waals surface area contributed by atoms with Gasteiger partial charge in [-0.3, -0.25) is 0 Å². The lowest BCUT2D eigenvalue weighted by molar-refractivity contribution is -0.0160. The van der Waals surface area contributed by atoms with Crippen LogP contribution in [0.3, 0.4) is 0 Å². The van der Waals surface area contributed by atoms with Crippen LogP contribution in [0.25, 0.3) is 0 Å². The Labute approximate surface area is 204 Å². The standard InChI is InChI=1S/C25H33FN6O3/c1-32(2)23-19-5-3-4-6-20(19)29-24(31-23)27-17-7-9-18(10-8-17)28-25(33)30-21-12-16(26)11-15-13-34-14-35-22(15)21/h11-12,17-18H,3-10,13-14H2,1-2H3,(H,27,29,31)(H2,28,30,33). The summed E-state index contributed by atoms with van der Waals surface area (Å²) in [4.78, 5) is 24.3. The van der Waals surface area contributed by atoms with Gasteiger partial charge in [0.25, 0.3) is 0 Å². The molecule has 3 N–H and O–H groups in total. The van der Waals surface area contributed by atoms with Gasteiger partial charge in [-0.15, -0.1) is 0 Å². The smallest absolute Gasteiger partial charge is 0.319 e. The lowest BCUT2D eigenvalue weighted by atomic mass is 9.91. The number of carbonyl (C=O) groups excluding carboxylic acids is 1. The number of ether oxygens (including phenoxy) is 2. The van der Waals surface area contributed by atoms with E-state index < -0.39 is 5.82 Å². The van der Waals surface area contributed by atoms with E-state index in [1.54, 1.807) is 0 Å². The number of aromatic nitrogens is 2. The third kappa shape index (κ3) is 5.42. The summed E-state index contributed by atoms with van der Waals surface area (Å²) in [6.45, 7) is 0.334. The van der Waals surface area contributed by atoms with E-state index in [0.29, 0.717) is 22.9 Å². The van der Waals surface area contributed by atoms with E-state index in [2.05, 4.69) is 20.9 Å². The number of rotatable bonds is 5. The molecule has 2 heterocycles. The summed E-state index contributed by atoms with van der Waals surface area (Å²) in [6.07, 6.45) is 7.89. The SMILES string of the molecule is CN(C)c1nc(NC2CCC(NC(=O)Nc3cc(F)cc4c3OCOC4)CC2)nc2c1CCCC2. The molecule has 1 aliphatic heterocycles. The molecule has 1 fully saturated rings. The Bertz CT molecular complexity index is 1090. The number of amides is 2. The van der Waals surface area contributed by atoms with Crippen LogP contribution in [0.1, 0.15) is 55.3 Å². The highest BCUT2D eigenvalue weighted by molar-refractivity contribution is 5.91. The summed E-state index contributed by atoms with van der Waals surface area (Å²) in [7, 11) is 4.06. The van der Waals surface area contributed by atoms with Gasteiger partial charge in [0.15, 0.2) is 12.5 Å². The molecule has 0 radical (unpaired) electrons. The fraction of sp³-hybridized carbons (Fsp3) is 0.560. The first-order valence-corrected chi connectivity index (χ1v) is 12.4. The predicted molar refractivity (Wildman–Crippen MR) is 132 cm³/mol. The molecule has 2 aromatic rings. The van der Waals surface area contributed by atoms with Crippen LogP contribution in [-0.2, 0) is 24.2 Å². The number of urea groups is 1. The number of fused-ring (bicyclic) bond motifs is 2. The largest absolute Gasteiger partial charge is 0.465 e. The maximum Gasteiger partial charge on any atom is 0.319 e. The number of carbonyl (C=O) groups is 1. The molecule has 35 heavy (non-hydrogen) atoms. The summed E-state index contributed by atoms with van der Waals surface area (Å²) < 4.78 is 24.6. The Morgan fingerprint density at radius 1 is 1.09 bits per heavy atom. The van der Waals surface area contributed by atoms with Crippen molar-refractivity contribution >= 4 is 23.5 Å². The number of anilines is 3. The molecule has 5 rings (SSSR count). The van der Waals surface area contributed by atoms with Crippen molar-refractivity contribution in [1.29, 1.82) is 0 Å². The highest BCUT2D eigenvalue weighted by atomic mass is 19.1. The topological polar surface area (TPSA) is 101 Å². The zero-order valence-electron chi connectivity index (χ0n) is 20.3. The van der Waals surface area contributed by atoms with Crippen molar-refractivity contribution in [3.8, 4) is 5.75 Å². The molecule has 0 atom stereocenters. The fourth-order valence-corrected chi connectivity index (χ4v) is 5.19. The Morgan fingerprint density at radius 2 is 1.86 bits per heavy atom. The average molecular weight is 485 g/mol. The van der Waals surface area contributed by atoms with Crippen LogP contribution in [-0.4, -0.2) is 49.0 Å². The van der Waals surface area contributed by atoms with Crippen molar-refractivity contribution in [2.24, 2.45) is 0 Å². The summed E-state index contributed by atoms with van der Waals surface area (Å²) in [5.41, 5.74) is 3.35. The van der Waals surface area contributed by atoms with Crippen molar-refractivity contribution in [1.82, 2.24) is 15.3 Å². The second-order valence-corrected chi connectivity index (χ2v) is 9.74. The number of aryl methyl sites for hydroxylation is 1. The van der Waals surface area contributed by atoms with E-state index in [-0.39, 0.29) is 31.5 Å². The van der Waals surface area contributed by atoms with E-state index in [9.17, 15) is 9.18 Å². The first kappa shape index (κ1) is 23.6. The molecule has 1 aromatic heterocycles. The molecule has 1 saturated carbocycles. The van der Waals surface area contributed by atoms with E-state index >= 15 is 0 Å². The molecular weight excluding hydrogens is 451 g/mol.